The lowest BCUT2D eigenvalue weighted by Crippen LogP contribution is -2.09. The number of aromatic hydroxyl groups is 3. The van der Waals surface area contributed by atoms with Crippen LogP contribution in [0.15, 0.2) is 103 Å². The second-order valence-corrected chi connectivity index (χ2v) is 10.5. The van der Waals surface area contributed by atoms with Gasteiger partial charge in [0, 0.05) is 34.1 Å². The molecule has 0 fully saturated rings. The van der Waals surface area contributed by atoms with Crippen LogP contribution in [0.1, 0.15) is 67.5 Å². The van der Waals surface area contributed by atoms with Crippen molar-refractivity contribution in [1.82, 2.24) is 0 Å². The Morgan fingerprint density at radius 1 is 0.410 bits per heavy atom. The maximum atomic E-state index is 12.1. The number of phenols is 3. The van der Waals surface area contributed by atoms with Gasteiger partial charge in [0.2, 0.25) is 0 Å². The van der Waals surface area contributed by atoms with Crippen molar-refractivity contribution < 1.29 is 15.3 Å². The number of para-hydroxylation sites is 1. The molecule has 3 heteroatoms. The fraction of sp³-hybridized carbons (Fsp3) is 0.167. The Labute approximate surface area is 230 Å². The third-order valence-electron chi connectivity index (χ3n) is 7.56. The van der Waals surface area contributed by atoms with E-state index in [1.165, 1.54) is 0 Å². The van der Waals surface area contributed by atoms with E-state index in [0.717, 1.165) is 44.5 Å². The number of rotatable bonds is 6. The maximum absolute atomic E-state index is 12.1. The highest BCUT2D eigenvalue weighted by atomic mass is 16.3. The molecule has 2 atom stereocenters. The van der Waals surface area contributed by atoms with Crippen LogP contribution < -0.4 is 0 Å². The van der Waals surface area contributed by atoms with E-state index < -0.39 is 11.8 Å². The highest BCUT2D eigenvalue weighted by molar-refractivity contribution is 5.61. The second-order valence-electron chi connectivity index (χ2n) is 10.5. The van der Waals surface area contributed by atoms with Crippen molar-refractivity contribution >= 4 is 0 Å². The maximum Gasteiger partial charge on any atom is 0.123 e. The van der Waals surface area contributed by atoms with Crippen LogP contribution in [-0.4, -0.2) is 15.3 Å². The Morgan fingerprint density at radius 2 is 0.795 bits per heavy atom. The van der Waals surface area contributed by atoms with E-state index in [1.807, 2.05) is 131 Å². The van der Waals surface area contributed by atoms with Gasteiger partial charge in [-0.15, -0.1) is 0 Å². The summed E-state index contributed by atoms with van der Waals surface area (Å²) in [6.07, 6.45) is 0. The predicted molar refractivity (Wildman–Crippen MR) is 158 cm³/mol. The molecule has 5 aromatic carbocycles. The summed E-state index contributed by atoms with van der Waals surface area (Å²) in [7, 11) is 0. The minimum Gasteiger partial charge on any atom is -0.507 e. The molecule has 0 aliphatic heterocycles. The summed E-state index contributed by atoms with van der Waals surface area (Å²) in [4.78, 5) is 0. The van der Waals surface area contributed by atoms with Gasteiger partial charge in [0.05, 0.1) is 0 Å². The molecule has 0 aliphatic rings. The van der Waals surface area contributed by atoms with Crippen LogP contribution in [-0.2, 0) is 0 Å². The van der Waals surface area contributed by atoms with E-state index >= 15 is 0 Å². The van der Waals surface area contributed by atoms with Crippen LogP contribution in [0.5, 0.6) is 17.2 Å². The van der Waals surface area contributed by atoms with Crippen molar-refractivity contribution in [1.29, 1.82) is 0 Å². The Morgan fingerprint density at radius 3 is 1.18 bits per heavy atom. The van der Waals surface area contributed by atoms with E-state index in [0.29, 0.717) is 11.1 Å². The lowest BCUT2D eigenvalue weighted by Gasteiger charge is -2.26. The summed E-state index contributed by atoms with van der Waals surface area (Å²) in [6, 6.07) is 33.7. The van der Waals surface area contributed by atoms with Gasteiger partial charge in [-0.05, 0) is 49.9 Å². The minimum atomic E-state index is -0.394. The van der Waals surface area contributed by atoms with E-state index in [-0.39, 0.29) is 17.2 Å². The first kappa shape index (κ1) is 26.1. The first-order valence-electron chi connectivity index (χ1n) is 13.3. The fourth-order valence-electron chi connectivity index (χ4n) is 5.82. The molecule has 5 rings (SSSR count). The largest absolute Gasteiger partial charge is 0.507 e. The zero-order chi connectivity index (χ0) is 27.7. The van der Waals surface area contributed by atoms with Crippen LogP contribution in [0.2, 0.25) is 0 Å². The van der Waals surface area contributed by atoms with Crippen molar-refractivity contribution in [3.63, 3.8) is 0 Å². The average Bonchev–Trinajstić information content (AvgIpc) is 2.93. The number of hydrogen-bond acceptors (Lipinski definition) is 3. The fourth-order valence-corrected chi connectivity index (χ4v) is 5.82. The van der Waals surface area contributed by atoms with Gasteiger partial charge in [-0.1, -0.05) is 114 Å². The number of aryl methyl sites for hydroxylation is 4. The molecule has 196 valence electrons. The standard InChI is InChI=1S/C36H34O3/c1-22-18-24(3)34(37)30(20-22)32(26-12-7-5-8-13-26)28-16-11-17-29(36(28)39)33(27-14-9-6-10-15-27)31-21-23(2)19-25(4)35(31)38/h5-21,32-33,37-39H,1-4H3. The summed E-state index contributed by atoms with van der Waals surface area (Å²) in [5.74, 6) is -0.183. The van der Waals surface area contributed by atoms with E-state index in [9.17, 15) is 15.3 Å². The van der Waals surface area contributed by atoms with Gasteiger partial charge in [0.15, 0.2) is 0 Å². The highest BCUT2D eigenvalue weighted by Gasteiger charge is 2.29. The molecule has 0 amide bonds. The van der Waals surface area contributed by atoms with Gasteiger partial charge in [-0.25, -0.2) is 0 Å². The molecule has 5 aromatic rings. The molecule has 0 spiro atoms. The summed E-state index contributed by atoms with van der Waals surface area (Å²) in [5, 5.41) is 34.5. The number of benzene rings is 5. The molecule has 0 saturated heterocycles. The van der Waals surface area contributed by atoms with Crippen LogP contribution in [0.25, 0.3) is 0 Å². The van der Waals surface area contributed by atoms with Crippen LogP contribution >= 0.6 is 0 Å². The van der Waals surface area contributed by atoms with Crippen LogP contribution in [0.4, 0.5) is 0 Å². The minimum absolute atomic E-state index is 0.150. The number of hydrogen-bond donors (Lipinski definition) is 3. The molecular weight excluding hydrogens is 480 g/mol. The van der Waals surface area contributed by atoms with Gasteiger partial charge < -0.3 is 15.3 Å². The monoisotopic (exact) mass is 514 g/mol. The molecule has 0 saturated carbocycles. The highest BCUT2D eigenvalue weighted by Crippen LogP contribution is 2.47. The molecular formula is C36H34O3. The van der Waals surface area contributed by atoms with Gasteiger partial charge >= 0.3 is 0 Å². The van der Waals surface area contributed by atoms with E-state index in [1.54, 1.807) is 0 Å². The molecule has 2 unspecified atom stereocenters. The summed E-state index contributed by atoms with van der Waals surface area (Å²) in [5.41, 5.74) is 8.50. The zero-order valence-corrected chi connectivity index (χ0v) is 22.8. The van der Waals surface area contributed by atoms with Gasteiger partial charge in [0.25, 0.3) is 0 Å². The molecule has 39 heavy (non-hydrogen) atoms. The third-order valence-corrected chi connectivity index (χ3v) is 7.56. The van der Waals surface area contributed by atoms with Crippen LogP contribution in [0, 0.1) is 27.7 Å². The Balaban J connectivity index is 1.79. The predicted octanol–water partition coefficient (Wildman–Crippen LogP) is 8.40. The quantitative estimate of drug-likeness (QED) is 0.199. The summed E-state index contributed by atoms with van der Waals surface area (Å²) >= 11 is 0. The van der Waals surface area contributed by atoms with Crippen LogP contribution in [0.3, 0.4) is 0 Å². The van der Waals surface area contributed by atoms with Gasteiger partial charge in [0.1, 0.15) is 17.2 Å². The normalized spacial score (nSPS) is 12.7. The first-order valence-corrected chi connectivity index (χ1v) is 13.3. The molecule has 0 aliphatic carbocycles. The molecule has 3 nitrogen and oxygen atoms in total. The Kier molecular flexibility index (Phi) is 7.17. The van der Waals surface area contributed by atoms with Crippen molar-refractivity contribution in [3.8, 4) is 17.2 Å². The summed E-state index contributed by atoms with van der Waals surface area (Å²) in [6.45, 7) is 7.84. The lowest BCUT2D eigenvalue weighted by atomic mass is 9.78. The Bertz CT molecular complexity index is 1500. The molecule has 0 heterocycles. The smallest absolute Gasteiger partial charge is 0.123 e. The Hall–Kier alpha value is -4.50. The average molecular weight is 515 g/mol. The van der Waals surface area contributed by atoms with Gasteiger partial charge in [-0.3, -0.25) is 0 Å². The van der Waals surface area contributed by atoms with E-state index in [4.69, 9.17) is 0 Å². The molecule has 0 aromatic heterocycles. The van der Waals surface area contributed by atoms with Crippen molar-refractivity contribution in [2.45, 2.75) is 39.5 Å². The topological polar surface area (TPSA) is 60.7 Å². The lowest BCUT2D eigenvalue weighted by molar-refractivity contribution is 0.448. The third kappa shape index (κ3) is 5.00. The molecule has 0 radical (unpaired) electrons. The molecule has 0 bridgehead atoms. The van der Waals surface area contributed by atoms with E-state index in [2.05, 4.69) is 0 Å². The van der Waals surface area contributed by atoms with Crippen molar-refractivity contribution in [2.75, 3.05) is 0 Å². The van der Waals surface area contributed by atoms with Crippen molar-refractivity contribution in [2.24, 2.45) is 0 Å². The van der Waals surface area contributed by atoms with Gasteiger partial charge in [-0.2, -0.15) is 0 Å². The van der Waals surface area contributed by atoms with Crippen molar-refractivity contribution in [3.05, 3.63) is 159 Å². The second kappa shape index (κ2) is 10.7. The molecule has 3 N–H and O–H groups in total. The number of phenolic OH excluding ortho intramolecular Hbond substituents is 3. The first-order chi connectivity index (χ1) is 18.8. The summed E-state index contributed by atoms with van der Waals surface area (Å²) < 4.78 is 0. The zero-order valence-electron chi connectivity index (χ0n) is 22.8. The SMILES string of the molecule is Cc1cc(C)c(O)c(C(c2ccccc2)c2cccc(C(c3ccccc3)c3cc(C)cc(C)c3O)c2O)c1.